The smallest absolute Gasteiger partial charge is 0.328 e. The van der Waals surface area contributed by atoms with Crippen LogP contribution < -0.4 is 22.3 Å². The van der Waals surface area contributed by atoms with Gasteiger partial charge in [-0.2, -0.15) is 0 Å². The van der Waals surface area contributed by atoms with Crippen LogP contribution >= 0.6 is 10.7 Å². The molecule has 0 aliphatic heterocycles. The third kappa shape index (κ3) is 3.93. The highest BCUT2D eigenvalue weighted by Gasteiger charge is 2.18. The van der Waals surface area contributed by atoms with Gasteiger partial charge in [0.15, 0.2) is 4.90 Å². The van der Waals surface area contributed by atoms with Gasteiger partial charge in [0.05, 0.1) is 0 Å². The molecular weight excluding hydrogens is 304 g/mol. The Balaban J connectivity index is 3.24. The van der Waals surface area contributed by atoms with Crippen LogP contribution in [0.2, 0.25) is 0 Å². The van der Waals surface area contributed by atoms with E-state index < -0.39 is 43.7 Å². The molecule has 0 aromatic carbocycles. The molecule has 0 bridgehead atoms. The molecule has 0 spiro atoms. The highest BCUT2D eigenvalue weighted by Crippen LogP contribution is 2.07. The number of carbonyl (C=O) groups excluding carboxylic acids is 2. The van der Waals surface area contributed by atoms with Crippen molar-refractivity contribution in [2.24, 2.45) is 5.73 Å². The van der Waals surface area contributed by atoms with Gasteiger partial charge < -0.3 is 5.73 Å². The molecule has 0 saturated heterocycles. The van der Waals surface area contributed by atoms with E-state index in [2.05, 4.69) is 5.73 Å². The lowest BCUT2D eigenvalue weighted by Gasteiger charge is -2.05. The summed E-state index contributed by atoms with van der Waals surface area (Å²) in [4.78, 5) is 44.8. The number of aromatic nitrogens is 2. The summed E-state index contributed by atoms with van der Waals surface area (Å²) in [6, 6.07) is -1.15. The molecule has 0 aliphatic rings. The fourth-order valence-corrected chi connectivity index (χ4v) is 1.97. The Morgan fingerprint density at radius 3 is 2.47 bits per heavy atom. The van der Waals surface area contributed by atoms with E-state index in [0.29, 0.717) is 10.8 Å². The first-order valence-electron chi connectivity index (χ1n) is 4.49. The lowest BCUT2D eigenvalue weighted by atomic mass is 10.5. The zero-order chi connectivity index (χ0) is 14.8. The Kier molecular flexibility index (Phi) is 4.11. The molecule has 0 radical (unpaired) electrons. The molecule has 104 valence electrons. The number of hydrogen-bond acceptors (Lipinski definition) is 6. The van der Waals surface area contributed by atoms with Gasteiger partial charge in [-0.25, -0.2) is 18.0 Å². The lowest BCUT2D eigenvalue weighted by molar-refractivity contribution is -0.120. The van der Waals surface area contributed by atoms with Crippen molar-refractivity contribution in [3.8, 4) is 0 Å². The van der Waals surface area contributed by atoms with Crippen molar-refractivity contribution in [3.63, 3.8) is 0 Å². The van der Waals surface area contributed by atoms with E-state index in [4.69, 9.17) is 10.7 Å². The summed E-state index contributed by atoms with van der Waals surface area (Å²) in [5, 5.41) is 1.66. The number of urea groups is 1. The second-order valence-electron chi connectivity index (χ2n) is 3.23. The molecular formula is C7H7ClN4O6S. The van der Waals surface area contributed by atoms with Crippen molar-refractivity contribution < 1.29 is 18.0 Å². The lowest BCUT2D eigenvalue weighted by Crippen LogP contribution is -2.41. The van der Waals surface area contributed by atoms with Crippen LogP contribution in [0.25, 0.3) is 0 Å². The van der Waals surface area contributed by atoms with E-state index in [1.165, 1.54) is 0 Å². The first kappa shape index (κ1) is 14.9. The highest BCUT2D eigenvalue weighted by atomic mass is 35.7. The number of imide groups is 1. The summed E-state index contributed by atoms with van der Waals surface area (Å²) < 4.78 is 22.6. The van der Waals surface area contributed by atoms with Gasteiger partial charge in [0.2, 0.25) is 5.91 Å². The van der Waals surface area contributed by atoms with Gasteiger partial charge in [-0.15, -0.1) is 0 Å². The standard InChI is InChI=1S/C7H7ClN4O6S/c8-19(17,18)3-1-12(7(16)11-5(3)14)2-4(13)10-6(9)15/h1H,2H2,(H,11,14,16)(H3,9,10,13,15). The predicted molar refractivity (Wildman–Crippen MR) is 62.1 cm³/mol. The molecule has 1 aromatic heterocycles. The van der Waals surface area contributed by atoms with Crippen molar-refractivity contribution >= 4 is 31.7 Å². The Labute approximate surface area is 109 Å². The molecule has 0 aliphatic carbocycles. The van der Waals surface area contributed by atoms with Crippen molar-refractivity contribution in [1.82, 2.24) is 14.9 Å². The number of amides is 3. The Hall–Kier alpha value is -2.14. The molecule has 0 fully saturated rings. The summed E-state index contributed by atoms with van der Waals surface area (Å²) in [5.74, 6) is -0.973. The second kappa shape index (κ2) is 5.24. The van der Waals surface area contributed by atoms with Crippen LogP contribution in [-0.4, -0.2) is 29.9 Å². The summed E-state index contributed by atoms with van der Waals surface area (Å²) in [7, 11) is 0.585. The van der Waals surface area contributed by atoms with Gasteiger partial charge in [0, 0.05) is 16.9 Å². The van der Waals surface area contributed by atoms with Gasteiger partial charge >= 0.3 is 11.7 Å². The minimum atomic E-state index is -4.39. The number of nitrogens with zero attached hydrogens (tertiary/aromatic N) is 1. The largest absolute Gasteiger partial charge is 0.351 e. The predicted octanol–water partition coefficient (Wildman–Crippen LogP) is -2.34. The monoisotopic (exact) mass is 310 g/mol. The van der Waals surface area contributed by atoms with Gasteiger partial charge in [0.25, 0.3) is 14.6 Å². The summed E-state index contributed by atoms with van der Waals surface area (Å²) in [5.41, 5.74) is 2.41. The Morgan fingerprint density at radius 2 is 2.00 bits per heavy atom. The van der Waals surface area contributed by atoms with Crippen LogP contribution in [0.4, 0.5) is 4.79 Å². The van der Waals surface area contributed by atoms with Crippen molar-refractivity contribution in [1.29, 1.82) is 0 Å². The minimum Gasteiger partial charge on any atom is -0.351 e. The zero-order valence-corrected chi connectivity index (χ0v) is 10.6. The Morgan fingerprint density at radius 1 is 1.42 bits per heavy atom. The molecule has 12 heteroatoms. The van der Waals surface area contributed by atoms with E-state index >= 15 is 0 Å². The van der Waals surface area contributed by atoms with Crippen LogP contribution in [0.1, 0.15) is 0 Å². The summed E-state index contributed by atoms with van der Waals surface area (Å²) >= 11 is 0. The van der Waals surface area contributed by atoms with Gasteiger partial charge in [-0.05, 0) is 0 Å². The summed E-state index contributed by atoms with van der Waals surface area (Å²) in [6.07, 6.45) is 0.587. The highest BCUT2D eigenvalue weighted by molar-refractivity contribution is 8.13. The molecule has 0 saturated carbocycles. The molecule has 1 heterocycles. The number of aromatic amines is 1. The fourth-order valence-electron chi connectivity index (χ4n) is 1.11. The molecule has 10 nitrogen and oxygen atoms in total. The molecule has 19 heavy (non-hydrogen) atoms. The van der Waals surface area contributed by atoms with Crippen molar-refractivity contribution in [3.05, 3.63) is 27.0 Å². The van der Waals surface area contributed by atoms with E-state index in [-0.39, 0.29) is 0 Å². The third-order valence-corrected chi connectivity index (χ3v) is 3.13. The maximum atomic E-state index is 11.3. The van der Waals surface area contributed by atoms with Crippen LogP contribution in [0.3, 0.4) is 0 Å². The quantitative estimate of drug-likeness (QED) is 0.530. The normalized spacial score (nSPS) is 11.0. The number of carbonyl (C=O) groups is 2. The molecule has 1 rings (SSSR count). The maximum Gasteiger partial charge on any atom is 0.328 e. The van der Waals surface area contributed by atoms with E-state index in [1.807, 2.05) is 0 Å². The molecule has 1 aromatic rings. The second-order valence-corrected chi connectivity index (χ2v) is 5.77. The van der Waals surface area contributed by atoms with Gasteiger partial charge in [-0.1, -0.05) is 0 Å². The minimum absolute atomic E-state index is 0.551. The number of primary amides is 1. The average molecular weight is 311 g/mol. The van der Waals surface area contributed by atoms with Crippen LogP contribution in [0.15, 0.2) is 20.7 Å². The van der Waals surface area contributed by atoms with Crippen LogP contribution in [-0.2, 0) is 20.4 Å². The Bertz CT molecular complexity index is 748. The average Bonchev–Trinajstić information content (AvgIpc) is 2.18. The number of hydrogen-bond donors (Lipinski definition) is 3. The molecule has 0 unspecified atom stereocenters. The molecule has 0 atom stereocenters. The number of nitrogens with one attached hydrogen (secondary N) is 2. The molecule has 4 N–H and O–H groups in total. The van der Waals surface area contributed by atoms with E-state index in [1.54, 1.807) is 10.3 Å². The van der Waals surface area contributed by atoms with Crippen LogP contribution in [0, 0.1) is 0 Å². The number of nitrogens with two attached hydrogens (primary N) is 1. The van der Waals surface area contributed by atoms with E-state index in [9.17, 15) is 27.6 Å². The number of H-pyrrole nitrogens is 1. The number of halogens is 1. The topological polar surface area (TPSA) is 161 Å². The first-order chi connectivity index (χ1) is 8.61. The van der Waals surface area contributed by atoms with Crippen LogP contribution in [0.5, 0.6) is 0 Å². The maximum absolute atomic E-state index is 11.3. The zero-order valence-electron chi connectivity index (χ0n) is 9.04. The molecule has 3 amide bonds. The van der Waals surface area contributed by atoms with Gasteiger partial charge in [-0.3, -0.25) is 24.5 Å². The van der Waals surface area contributed by atoms with Crippen molar-refractivity contribution in [2.75, 3.05) is 0 Å². The summed E-state index contributed by atoms with van der Waals surface area (Å²) in [6.45, 7) is -0.724. The SMILES string of the molecule is NC(=O)NC(=O)Cn1cc(S(=O)(=O)Cl)c(=O)[nH]c1=O. The first-order valence-corrected chi connectivity index (χ1v) is 6.80. The third-order valence-electron chi connectivity index (χ3n) is 1.82. The van der Waals surface area contributed by atoms with Crippen molar-refractivity contribution in [2.45, 2.75) is 11.4 Å². The number of rotatable bonds is 3. The van der Waals surface area contributed by atoms with E-state index in [0.717, 1.165) is 0 Å². The fraction of sp³-hybridized carbons (Fsp3) is 0.143. The van der Waals surface area contributed by atoms with Gasteiger partial charge in [0.1, 0.15) is 6.54 Å².